The highest BCUT2D eigenvalue weighted by atomic mass is 127. The number of aryl methyl sites for hydroxylation is 1. The molecule has 0 aliphatic heterocycles. The van der Waals surface area contributed by atoms with E-state index in [1.54, 1.807) is 49.2 Å². The van der Waals surface area contributed by atoms with Gasteiger partial charge in [-0.15, -0.1) is 24.0 Å². The molecule has 0 saturated heterocycles. The molecular formula is C19H29FIN5O2. The van der Waals surface area contributed by atoms with Crippen LogP contribution in [0.25, 0.3) is 0 Å². The van der Waals surface area contributed by atoms with E-state index in [4.69, 9.17) is 4.74 Å². The molecule has 1 aromatic carbocycles. The SMILES string of the molecule is CCNC(=NCC(C)(O)c1cnn(C)c1)NCC(C)Oc1ccccc1F.I. The normalized spacial score (nSPS) is 14.6. The average Bonchev–Trinajstić information content (AvgIpc) is 3.07. The van der Waals surface area contributed by atoms with E-state index in [-0.39, 0.29) is 42.4 Å². The van der Waals surface area contributed by atoms with Crippen LogP contribution in [-0.4, -0.2) is 46.6 Å². The Kier molecular flexibility index (Phi) is 9.66. The number of hydrogen-bond acceptors (Lipinski definition) is 4. The molecule has 0 radical (unpaired) electrons. The van der Waals surface area contributed by atoms with Crippen molar-refractivity contribution in [2.75, 3.05) is 19.6 Å². The molecule has 0 saturated carbocycles. The third-order valence-electron chi connectivity index (χ3n) is 3.94. The van der Waals surface area contributed by atoms with E-state index >= 15 is 0 Å². The maximum atomic E-state index is 13.7. The van der Waals surface area contributed by atoms with E-state index in [2.05, 4.69) is 20.7 Å². The van der Waals surface area contributed by atoms with Crippen molar-refractivity contribution in [3.63, 3.8) is 0 Å². The molecule has 1 heterocycles. The lowest BCUT2D eigenvalue weighted by molar-refractivity contribution is 0.0671. The lowest BCUT2D eigenvalue weighted by Crippen LogP contribution is -2.42. The van der Waals surface area contributed by atoms with Crippen LogP contribution in [0.3, 0.4) is 0 Å². The molecule has 2 unspecified atom stereocenters. The molecule has 0 spiro atoms. The van der Waals surface area contributed by atoms with Gasteiger partial charge in [-0.25, -0.2) is 9.38 Å². The van der Waals surface area contributed by atoms with Crippen molar-refractivity contribution < 1.29 is 14.2 Å². The minimum atomic E-state index is -1.13. The standard InChI is InChI=1S/C19H28FN5O2.HI/c1-5-21-18(23-13-19(3,26)15-11-24-25(4)12-15)22-10-14(2)27-17-9-7-6-8-16(17)20;/h6-9,11-12,14,26H,5,10,13H2,1-4H3,(H2,21,22,23);1H. The number of nitrogens with zero attached hydrogens (tertiary/aromatic N) is 3. The fourth-order valence-corrected chi connectivity index (χ4v) is 2.40. The summed E-state index contributed by atoms with van der Waals surface area (Å²) in [5.41, 5.74) is -0.438. The molecule has 0 bridgehead atoms. The van der Waals surface area contributed by atoms with Gasteiger partial charge in [0.1, 0.15) is 11.7 Å². The Bertz CT molecular complexity index is 766. The Morgan fingerprint density at radius 2 is 2.11 bits per heavy atom. The van der Waals surface area contributed by atoms with Gasteiger partial charge < -0.3 is 20.5 Å². The highest BCUT2D eigenvalue weighted by molar-refractivity contribution is 14.0. The summed E-state index contributed by atoms with van der Waals surface area (Å²) < 4.78 is 20.9. The summed E-state index contributed by atoms with van der Waals surface area (Å²) in [6.07, 6.45) is 3.12. The molecular weight excluding hydrogens is 476 g/mol. The molecule has 28 heavy (non-hydrogen) atoms. The number of rotatable bonds is 8. The van der Waals surface area contributed by atoms with Gasteiger partial charge in [0.15, 0.2) is 17.5 Å². The van der Waals surface area contributed by atoms with Crippen LogP contribution in [0.5, 0.6) is 5.75 Å². The molecule has 7 nitrogen and oxygen atoms in total. The van der Waals surface area contributed by atoms with Crippen molar-refractivity contribution in [2.45, 2.75) is 32.5 Å². The lowest BCUT2D eigenvalue weighted by atomic mass is 10.0. The second kappa shape index (κ2) is 11.2. The third kappa shape index (κ3) is 7.27. The fourth-order valence-electron chi connectivity index (χ4n) is 2.40. The molecule has 3 N–H and O–H groups in total. The van der Waals surface area contributed by atoms with E-state index in [1.165, 1.54) is 6.07 Å². The van der Waals surface area contributed by atoms with E-state index in [0.29, 0.717) is 24.6 Å². The number of hydrogen-bond donors (Lipinski definition) is 3. The van der Waals surface area contributed by atoms with E-state index in [0.717, 1.165) is 0 Å². The Morgan fingerprint density at radius 1 is 1.39 bits per heavy atom. The summed E-state index contributed by atoms with van der Waals surface area (Å²) in [4.78, 5) is 4.45. The second-order valence-corrected chi connectivity index (χ2v) is 6.61. The average molecular weight is 505 g/mol. The van der Waals surface area contributed by atoms with Crippen molar-refractivity contribution in [3.05, 3.63) is 48.0 Å². The second-order valence-electron chi connectivity index (χ2n) is 6.61. The molecule has 156 valence electrons. The van der Waals surface area contributed by atoms with Gasteiger partial charge in [-0.3, -0.25) is 4.68 Å². The van der Waals surface area contributed by atoms with Gasteiger partial charge in [-0.2, -0.15) is 5.10 Å². The van der Waals surface area contributed by atoms with Crippen molar-refractivity contribution in [2.24, 2.45) is 12.0 Å². The quantitative estimate of drug-likeness (QED) is 0.292. The molecule has 0 amide bonds. The zero-order valence-electron chi connectivity index (χ0n) is 16.6. The summed E-state index contributed by atoms with van der Waals surface area (Å²) in [6.45, 7) is 6.75. The first-order valence-corrected chi connectivity index (χ1v) is 8.96. The Hall–Kier alpha value is -1.88. The number of aliphatic imine (C=N–C) groups is 1. The van der Waals surface area contributed by atoms with E-state index < -0.39 is 11.4 Å². The van der Waals surface area contributed by atoms with Gasteiger partial charge >= 0.3 is 0 Å². The first-order valence-electron chi connectivity index (χ1n) is 8.96. The minimum absolute atomic E-state index is 0. The van der Waals surface area contributed by atoms with E-state index in [9.17, 15) is 9.50 Å². The van der Waals surface area contributed by atoms with Crippen molar-refractivity contribution >= 4 is 29.9 Å². The summed E-state index contributed by atoms with van der Waals surface area (Å²) in [5, 5.41) is 21.0. The highest BCUT2D eigenvalue weighted by Gasteiger charge is 2.24. The number of halogens is 2. The van der Waals surface area contributed by atoms with E-state index in [1.807, 2.05) is 13.8 Å². The van der Waals surface area contributed by atoms with Gasteiger partial charge in [0.05, 0.1) is 19.3 Å². The maximum absolute atomic E-state index is 13.7. The first-order chi connectivity index (χ1) is 12.8. The monoisotopic (exact) mass is 505 g/mol. The molecule has 2 atom stereocenters. The molecule has 9 heteroatoms. The third-order valence-corrected chi connectivity index (χ3v) is 3.94. The molecule has 0 fully saturated rings. The predicted octanol–water partition coefficient (Wildman–Crippen LogP) is 2.41. The number of aromatic nitrogens is 2. The Morgan fingerprint density at radius 3 is 2.71 bits per heavy atom. The van der Waals surface area contributed by atoms with Crippen molar-refractivity contribution in [3.8, 4) is 5.75 Å². The zero-order valence-corrected chi connectivity index (χ0v) is 19.0. The van der Waals surface area contributed by atoms with Crippen LogP contribution >= 0.6 is 24.0 Å². The van der Waals surface area contributed by atoms with Crippen LogP contribution < -0.4 is 15.4 Å². The predicted molar refractivity (Wildman–Crippen MR) is 119 cm³/mol. The molecule has 2 rings (SSSR count). The van der Waals surface area contributed by atoms with Gasteiger partial charge in [0.25, 0.3) is 0 Å². The van der Waals surface area contributed by atoms with Crippen LogP contribution in [-0.2, 0) is 12.6 Å². The largest absolute Gasteiger partial charge is 0.486 e. The molecule has 0 aliphatic rings. The Balaban J connectivity index is 0.00000392. The number of ether oxygens (including phenoxy) is 1. The van der Waals surface area contributed by atoms with Crippen LogP contribution in [0.1, 0.15) is 26.3 Å². The smallest absolute Gasteiger partial charge is 0.191 e. The molecule has 1 aromatic heterocycles. The van der Waals surface area contributed by atoms with Gasteiger partial charge in [0, 0.05) is 25.4 Å². The van der Waals surface area contributed by atoms with Gasteiger partial charge in [-0.1, -0.05) is 12.1 Å². The van der Waals surface area contributed by atoms with Crippen LogP contribution in [0.4, 0.5) is 4.39 Å². The molecule has 2 aromatic rings. The number of nitrogens with one attached hydrogen (secondary N) is 2. The summed E-state index contributed by atoms with van der Waals surface area (Å²) in [7, 11) is 1.80. The summed E-state index contributed by atoms with van der Waals surface area (Å²) in [5.74, 6) is 0.372. The van der Waals surface area contributed by atoms with Crippen LogP contribution in [0, 0.1) is 5.82 Å². The zero-order chi connectivity index (χ0) is 19.9. The van der Waals surface area contributed by atoms with Crippen LogP contribution in [0.15, 0.2) is 41.7 Å². The van der Waals surface area contributed by atoms with Crippen LogP contribution in [0.2, 0.25) is 0 Å². The minimum Gasteiger partial charge on any atom is -0.486 e. The number of benzene rings is 1. The number of aliphatic hydroxyl groups is 1. The number of guanidine groups is 1. The Labute approximate surface area is 182 Å². The summed E-state index contributed by atoms with van der Waals surface area (Å²) >= 11 is 0. The van der Waals surface area contributed by atoms with Gasteiger partial charge in [0.2, 0.25) is 0 Å². The van der Waals surface area contributed by atoms with Crippen molar-refractivity contribution in [1.82, 2.24) is 20.4 Å². The highest BCUT2D eigenvalue weighted by Crippen LogP contribution is 2.20. The number of para-hydroxylation sites is 1. The fraction of sp³-hybridized carbons (Fsp3) is 0.474. The lowest BCUT2D eigenvalue weighted by Gasteiger charge is -2.21. The topological polar surface area (TPSA) is 83.7 Å². The molecule has 0 aliphatic carbocycles. The first kappa shape index (κ1) is 24.2. The maximum Gasteiger partial charge on any atom is 0.191 e. The van der Waals surface area contributed by atoms with Gasteiger partial charge in [-0.05, 0) is 32.9 Å². The summed E-state index contributed by atoms with van der Waals surface area (Å²) in [6, 6.07) is 6.30. The van der Waals surface area contributed by atoms with Crippen molar-refractivity contribution in [1.29, 1.82) is 0 Å².